The van der Waals surface area contributed by atoms with Gasteiger partial charge in [-0.1, -0.05) is 6.92 Å². The predicted octanol–water partition coefficient (Wildman–Crippen LogP) is 1.27. The maximum Gasteiger partial charge on any atom is 0.320 e. The second-order valence-electron chi connectivity index (χ2n) is 5.00. The van der Waals surface area contributed by atoms with Crippen LogP contribution in [0.2, 0.25) is 0 Å². The van der Waals surface area contributed by atoms with Gasteiger partial charge in [-0.25, -0.2) is 23.2 Å². The van der Waals surface area contributed by atoms with E-state index in [0.717, 1.165) is 0 Å². The number of hydrogen-bond donors (Lipinski definition) is 4. The molecule has 0 bridgehead atoms. The maximum absolute atomic E-state index is 11.9. The van der Waals surface area contributed by atoms with Gasteiger partial charge in [-0.05, 0) is 13.0 Å². The first kappa shape index (κ1) is 16.9. The highest BCUT2D eigenvalue weighted by atomic mass is 32.2. The second kappa shape index (κ2) is 6.73. The number of nitrogens with one attached hydrogen (secondary N) is 4. The molecule has 2 amide bonds. The summed E-state index contributed by atoms with van der Waals surface area (Å²) in [6.45, 7) is 3.10. The summed E-state index contributed by atoms with van der Waals surface area (Å²) in [6.07, 6.45) is 3.04. The number of hydrogen-bond acceptors (Lipinski definition) is 6. The zero-order valence-electron chi connectivity index (χ0n) is 12.8. The van der Waals surface area contributed by atoms with Crippen LogP contribution in [-0.2, 0) is 9.84 Å². The smallest absolute Gasteiger partial charge is 0.320 e. The molecule has 2 rings (SSSR count). The first-order chi connectivity index (χ1) is 10.8. The van der Waals surface area contributed by atoms with E-state index in [1.165, 1.54) is 13.1 Å². The number of urea groups is 1. The van der Waals surface area contributed by atoms with Crippen LogP contribution < -0.4 is 10.6 Å². The highest BCUT2D eigenvalue weighted by molar-refractivity contribution is 8.06. The van der Waals surface area contributed by atoms with Crippen LogP contribution in [0.3, 0.4) is 0 Å². The molecule has 0 fully saturated rings. The van der Waals surface area contributed by atoms with E-state index in [1.807, 2.05) is 0 Å². The zero-order chi connectivity index (χ0) is 17.0. The Morgan fingerprint density at radius 2 is 2.22 bits per heavy atom. The first-order valence-corrected chi connectivity index (χ1v) is 8.65. The topological polar surface area (TPSA) is 141 Å². The van der Waals surface area contributed by atoms with Crippen LogP contribution in [0.15, 0.2) is 18.5 Å². The van der Waals surface area contributed by atoms with E-state index in [9.17, 15) is 13.2 Å². The van der Waals surface area contributed by atoms with Crippen molar-refractivity contribution in [1.82, 2.24) is 20.3 Å². The van der Waals surface area contributed by atoms with Crippen molar-refractivity contribution in [2.45, 2.75) is 26.3 Å². The number of aromatic amines is 1. The molecule has 4 N–H and O–H groups in total. The van der Waals surface area contributed by atoms with Crippen molar-refractivity contribution in [3.05, 3.63) is 18.5 Å². The third kappa shape index (κ3) is 4.25. The average molecular weight is 338 g/mol. The van der Waals surface area contributed by atoms with Gasteiger partial charge < -0.3 is 10.3 Å². The standard InChI is InChI=1S/C13H18N6O3S/c1-3-23(21,22)10(14)6-8(2)17-13(20)19-11-7-16-12-9(18-11)4-5-15-12/h4-5,7-8,14H,3,6H2,1-2H3,(H,15,16)(H2,17,18,19,20)/t8-/m1/s1. The van der Waals surface area contributed by atoms with Gasteiger partial charge >= 0.3 is 6.03 Å². The summed E-state index contributed by atoms with van der Waals surface area (Å²) in [7, 11) is -3.52. The Kier molecular flexibility index (Phi) is 4.94. The van der Waals surface area contributed by atoms with Crippen LogP contribution in [0.5, 0.6) is 0 Å². The molecule has 9 nitrogen and oxygen atoms in total. The summed E-state index contributed by atoms with van der Waals surface area (Å²) in [5.74, 6) is 0.148. The molecule has 0 aromatic carbocycles. The summed E-state index contributed by atoms with van der Waals surface area (Å²) >= 11 is 0. The molecule has 0 aliphatic carbocycles. The van der Waals surface area contributed by atoms with E-state index in [4.69, 9.17) is 5.41 Å². The number of rotatable bonds is 5. The zero-order valence-corrected chi connectivity index (χ0v) is 13.6. The fourth-order valence-corrected chi connectivity index (χ4v) is 2.75. The lowest BCUT2D eigenvalue weighted by atomic mass is 10.2. The third-order valence-corrected chi connectivity index (χ3v) is 4.80. The number of amides is 2. The molecule has 0 saturated heterocycles. The lowest BCUT2D eigenvalue weighted by Crippen LogP contribution is -2.38. The number of anilines is 1. The van der Waals surface area contributed by atoms with Crippen molar-refractivity contribution in [1.29, 1.82) is 5.41 Å². The van der Waals surface area contributed by atoms with Gasteiger partial charge in [0.15, 0.2) is 21.3 Å². The van der Waals surface area contributed by atoms with Crippen molar-refractivity contribution in [2.24, 2.45) is 0 Å². The largest absolute Gasteiger partial charge is 0.345 e. The van der Waals surface area contributed by atoms with Gasteiger partial charge in [0.2, 0.25) is 0 Å². The van der Waals surface area contributed by atoms with Crippen LogP contribution in [0.1, 0.15) is 20.3 Å². The van der Waals surface area contributed by atoms with Crippen molar-refractivity contribution in [2.75, 3.05) is 11.1 Å². The summed E-state index contributed by atoms with van der Waals surface area (Å²) in [6, 6.07) is 0.682. The highest BCUT2D eigenvalue weighted by Crippen LogP contribution is 2.10. The molecule has 0 unspecified atom stereocenters. The van der Waals surface area contributed by atoms with Crippen LogP contribution in [-0.4, -0.2) is 46.2 Å². The molecule has 2 heterocycles. The highest BCUT2D eigenvalue weighted by Gasteiger charge is 2.19. The SMILES string of the molecule is CCS(=O)(=O)C(=N)C[C@@H](C)NC(=O)Nc1cnc2[nH]ccc2n1. The third-order valence-electron chi connectivity index (χ3n) is 3.13. The minimum Gasteiger partial charge on any atom is -0.345 e. The Morgan fingerprint density at radius 1 is 1.48 bits per heavy atom. The summed E-state index contributed by atoms with van der Waals surface area (Å²) in [5, 5.41) is 12.3. The van der Waals surface area contributed by atoms with Crippen LogP contribution in [0, 0.1) is 5.41 Å². The molecule has 0 spiro atoms. The Morgan fingerprint density at radius 3 is 2.91 bits per heavy atom. The number of H-pyrrole nitrogens is 1. The Labute approximate surface area is 133 Å². The summed E-state index contributed by atoms with van der Waals surface area (Å²) < 4.78 is 23.1. The number of nitrogens with zero attached hydrogens (tertiary/aromatic N) is 2. The molecule has 0 aliphatic rings. The molecule has 124 valence electrons. The van der Waals surface area contributed by atoms with Gasteiger partial charge in [-0.3, -0.25) is 10.7 Å². The van der Waals surface area contributed by atoms with Crippen molar-refractivity contribution < 1.29 is 13.2 Å². The van der Waals surface area contributed by atoms with Gasteiger partial charge in [0, 0.05) is 18.7 Å². The van der Waals surface area contributed by atoms with Gasteiger partial charge in [0.1, 0.15) is 10.6 Å². The van der Waals surface area contributed by atoms with Crippen molar-refractivity contribution in [3.63, 3.8) is 0 Å². The quantitative estimate of drug-likeness (QED) is 0.480. The molecule has 0 aliphatic heterocycles. The lowest BCUT2D eigenvalue weighted by molar-refractivity contribution is 0.249. The Bertz CT molecular complexity index is 829. The van der Waals surface area contributed by atoms with Crippen molar-refractivity contribution in [3.8, 4) is 0 Å². The van der Waals surface area contributed by atoms with E-state index in [0.29, 0.717) is 11.2 Å². The normalized spacial score (nSPS) is 12.8. The van der Waals surface area contributed by atoms with Gasteiger partial charge in [0.25, 0.3) is 0 Å². The summed E-state index contributed by atoms with van der Waals surface area (Å²) in [4.78, 5) is 23.1. The monoisotopic (exact) mass is 338 g/mol. The van der Waals surface area contributed by atoms with Gasteiger partial charge in [0.05, 0.1) is 11.9 Å². The second-order valence-corrected chi connectivity index (χ2v) is 7.30. The number of fused-ring (bicyclic) bond motifs is 1. The Hall–Kier alpha value is -2.49. The van der Waals surface area contributed by atoms with Crippen LogP contribution in [0.25, 0.3) is 11.2 Å². The van der Waals surface area contributed by atoms with Gasteiger partial charge in [-0.15, -0.1) is 0 Å². The van der Waals surface area contributed by atoms with Crippen LogP contribution in [0.4, 0.5) is 10.6 Å². The van der Waals surface area contributed by atoms with E-state index in [1.54, 1.807) is 19.2 Å². The maximum atomic E-state index is 11.9. The minimum absolute atomic E-state index is 0.0634. The average Bonchev–Trinajstić information content (AvgIpc) is 2.94. The molecule has 2 aromatic rings. The lowest BCUT2D eigenvalue weighted by Gasteiger charge is -2.14. The molecular formula is C13H18N6O3S. The number of carbonyl (C=O) groups excluding carboxylic acids is 1. The summed E-state index contributed by atoms with van der Waals surface area (Å²) in [5.41, 5.74) is 1.23. The minimum atomic E-state index is -3.52. The number of aromatic nitrogens is 3. The molecule has 0 radical (unpaired) electrons. The molecule has 1 atom stereocenters. The molecule has 23 heavy (non-hydrogen) atoms. The first-order valence-electron chi connectivity index (χ1n) is 6.99. The van der Waals surface area contributed by atoms with E-state index in [-0.39, 0.29) is 23.0 Å². The molecule has 10 heteroatoms. The van der Waals surface area contributed by atoms with Crippen LogP contribution >= 0.6 is 0 Å². The number of carbonyl (C=O) groups is 1. The fourth-order valence-electron chi connectivity index (χ4n) is 1.90. The van der Waals surface area contributed by atoms with Gasteiger partial charge in [-0.2, -0.15) is 0 Å². The van der Waals surface area contributed by atoms with E-state index < -0.39 is 21.9 Å². The fraction of sp³-hybridized carbons (Fsp3) is 0.385. The van der Waals surface area contributed by atoms with Crippen molar-refractivity contribution >= 4 is 37.9 Å². The molecular weight excluding hydrogens is 320 g/mol. The molecule has 2 aromatic heterocycles. The number of sulfone groups is 1. The van der Waals surface area contributed by atoms with E-state index >= 15 is 0 Å². The predicted molar refractivity (Wildman–Crippen MR) is 87.3 cm³/mol. The molecule has 0 saturated carbocycles. The Balaban J connectivity index is 1.92. The van der Waals surface area contributed by atoms with E-state index in [2.05, 4.69) is 25.6 Å².